The maximum atomic E-state index is 13.5. The Bertz CT molecular complexity index is 1460. The summed E-state index contributed by atoms with van der Waals surface area (Å²) < 4.78 is 16.8. The number of hydrogen-bond acceptors (Lipinski definition) is 9. The fourth-order valence-corrected chi connectivity index (χ4v) is 5.25. The van der Waals surface area contributed by atoms with Crippen molar-refractivity contribution in [3.05, 3.63) is 88.5 Å². The van der Waals surface area contributed by atoms with Crippen LogP contribution in [0.3, 0.4) is 0 Å². The van der Waals surface area contributed by atoms with Gasteiger partial charge in [0.05, 0.1) is 30.5 Å². The second-order valence-electron chi connectivity index (χ2n) is 8.82. The van der Waals surface area contributed by atoms with E-state index in [1.807, 2.05) is 13.8 Å². The molecule has 0 bridgehead atoms. The van der Waals surface area contributed by atoms with Gasteiger partial charge in [-0.15, -0.1) is 0 Å². The minimum Gasteiger partial charge on any atom is -0.507 e. The Morgan fingerprint density at radius 2 is 1.88 bits per heavy atom. The standard InChI is InChI=1S/C30H30N2O7S/c1-5-15-38-21-14-13-20(17-22(21)37-7-3)24-23(25(33)19-11-9-8-10-12-19)26(34)28(35)32(24)30-31-18(4)27(40-30)29(36)39-16-6-2/h6,8-14,17,24,33H,2,5,7,15-16H2,1,3-4H3/b25-23+. The van der Waals surface area contributed by atoms with E-state index in [1.165, 1.54) is 11.0 Å². The van der Waals surface area contributed by atoms with Gasteiger partial charge in [0.2, 0.25) is 0 Å². The normalized spacial score (nSPS) is 16.2. The van der Waals surface area contributed by atoms with Crippen molar-refractivity contribution in [2.24, 2.45) is 0 Å². The molecule has 1 aliphatic heterocycles. The molecular formula is C30H30N2O7S. The molecule has 1 N–H and O–H groups in total. The van der Waals surface area contributed by atoms with Crippen LogP contribution in [0.15, 0.2) is 66.8 Å². The molecule has 208 valence electrons. The van der Waals surface area contributed by atoms with E-state index in [0.29, 0.717) is 41.5 Å². The summed E-state index contributed by atoms with van der Waals surface area (Å²) in [6.45, 7) is 9.84. The fourth-order valence-electron chi connectivity index (χ4n) is 4.27. The molecule has 9 nitrogen and oxygen atoms in total. The van der Waals surface area contributed by atoms with Crippen LogP contribution in [0.4, 0.5) is 5.13 Å². The zero-order chi connectivity index (χ0) is 28.8. The molecule has 0 spiro atoms. The first-order valence-electron chi connectivity index (χ1n) is 12.8. The van der Waals surface area contributed by atoms with Gasteiger partial charge in [-0.2, -0.15) is 0 Å². The van der Waals surface area contributed by atoms with Crippen LogP contribution in [0.2, 0.25) is 0 Å². The summed E-state index contributed by atoms with van der Waals surface area (Å²) in [5, 5.41) is 11.4. The monoisotopic (exact) mass is 562 g/mol. The third-order valence-corrected chi connectivity index (χ3v) is 7.18. The van der Waals surface area contributed by atoms with Crippen LogP contribution < -0.4 is 14.4 Å². The molecule has 1 unspecified atom stereocenters. The number of ether oxygens (including phenoxy) is 3. The Kier molecular flexibility index (Phi) is 9.00. The molecule has 1 aliphatic rings. The van der Waals surface area contributed by atoms with Crippen molar-refractivity contribution in [2.75, 3.05) is 24.7 Å². The topological polar surface area (TPSA) is 115 Å². The van der Waals surface area contributed by atoms with E-state index < -0.39 is 23.7 Å². The van der Waals surface area contributed by atoms with Gasteiger partial charge in [0.25, 0.3) is 5.78 Å². The van der Waals surface area contributed by atoms with Gasteiger partial charge in [0, 0.05) is 5.56 Å². The highest BCUT2D eigenvalue weighted by atomic mass is 32.1. The lowest BCUT2D eigenvalue weighted by Crippen LogP contribution is -2.29. The molecular weight excluding hydrogens is 532 g/mol. The number of aryl methyl sites for hydroxylation is 1. The van der Waals surface area contributed by atoms with Crippen LogP contribution >= 0.6 is 11.3 Å². The molecule has 4 rings (SSSR count). The smallest absolute Gasteiger partial charge is 0.350 e. The molecule has 0 aliphatic carbocycles. The van der Waals surface area contributed by atoms with Gasteiger partial charge in [-0.05, 0) is 38.0 Å². The summed E-state index contributed by atoms with van der Waals surface area (Å²) in [5.41, 5.74) is 1.11. The van der Waals surface area contributed by atoms with Gasteiger partial charge in [0.1, 0.15) is 17.2 Å². The lowest BCUT2D eigenvalue weighted by atomic mass is 9.95. The van der Waals surface area contributed by atoms with Crippen LogP contribution in [-0.2, 0) is 14.3 Å². The van der Waals surface area contributed by atoms with Gasteiger partial charge < -0.3 is 19.3 Å². The summed E-state index contributed by atoms with van der Waals surface area (Å²) in [5.74, 6) is -1.75. The van der Waals surface area contributed by atoms with Crippen molar-refractivity contribution >= 4 is 39.9 Å². The minimum absolute atomic E-state index is 0.0136. The number of aromatic nitrogens is 1. The Morgan fingerprint density at radius 1 is 1.12 bits per heavy atom. The number of esters is 1. The molecule has 0 saturated carbocycles. The molecule has 1 amide bonds. The predicted molar refractivity (Wildman–Crippen MR) is 152 cm³/mol. The molecule has 2 aromatic carbocycles. The minimum atomic E-state index is -1.05. The first kappa shape index (κ1) is 28.6. The van der Waals surface area contributed by atoms with Crippen molar-refractivity contribution in [1.29, 1.82) is 0 Å². The van der Waals surface area contributed by atoms with E-state index in [9.17, 15) is 19.5 Å². The number of anilines is 1. The maximum absolute atomic E-state index is 13.5. The van der Waals surface area contributed by atoms with Crippen molar-refractivity contribution in [1.82, 2.24) is 4.98 Å². The van der Waals surface area contributed by atoms with Crippen molar-refractivity contribution in [2.45, 2.75) is 33.2 Å². The fraction of sp³-hybridized carbons (Fsp3) is 0.267. The van der Waals surface area contributed by atoms with Crippen molar-refractivity contribution in [3.8, 4) is 11.5 Å². The highest BCUT2D eigenvalue weighted by Crippen LogP contribution is 2.45. The third-order valence-electron chi connectivity index (χ3n) is 6.05. The molecule has 1 fully saturated rings. The van der Waals surface area contributed by atoms with E-state index in [4.69, 9.17) is 14.2 Å². The zero-order valence-electron chi connectivity index (χ0n) is 22.5. The van der Waals surface area contributed by atoms with Crippen LogP contribution in [0.1, 0.15) is 52.8 Å². The van der Waals surface area contributed by atoms with Crippen molar-refractivity contribution in [3.63, 3.8) is 0 Å². The van der Waals surface area contributed by atoms with E-state index >= 15 is 0 Å². The largest absolute Gasteiger partial charge is 0.507 e. The average molecular weight is 563 g/mol. The summed E-state index contributed by atoms with van der Waals surface area (Å²) >= 11 is 0.931. The quantitative estimate of drug-likeness (QED) is 0.105. The summed E-state index contributed by atoms with van der Waals surface area (Å²) in [7, 11) is 0. The van der Waals surface area contributed by atoms with Crippen LogP contribution in [0.25, 0.3) is 5.76 Å². The molecule has 1 atom stereocenters. The number of thiazole rings is 1. The number of carbonyl (C=O) groups is 3. The summed E-state index contributed by atoms with van der Waals surface area (Å²) in [6, 6.07) is 12.6. The predicted octanol–water partition coefficient (Wildman–Crippen LogP) is 5.61. The lowest BCUT2D eigenvalue weighted by Gasteiger charge is -2.24. The number of nitrogens with zero attached hydrogens (tertiary/aromatic N) is 2. The van der Waals surface area contributed by atoms with Gasteiger partial charge >= 0.3 is 11.9 Å². The van der Waals surface area contributed by atoms with Gasteiger partial charge in [-0.25, -0.2) is 9.78 Å². The highest BCUT2D eigenvalue weighted by Gasteiger charge is 2.48. The zero-order valence-corrected chi connectivity index (χ0v) is 23.3. The van der Waals surface area contributed by atoms with Gasteiger partial charge in [-0.1, -0.05) is 67.3 Å². The van der Waals surface area contributed by atoms with E-state index in [1.54, 1.807) is 55.5 Å². The lowest BCUT2D eigenvalue weighted by molar-refractivity contribution is -0.132. The molecule has 0 radical (unpaired) electrons. The highest BCUT2D eigenvalue weighted by molar-refractivity contribution is 7.17. The molecule has 1 saturated heterocycles. The molecule has 10 heteroatoms. The Balaban J connectivity index is 1.90. The number of ketones is 1. The second-order valence-corrected chi connectivity index (χ2v) is 9.80. The van der Waals surface area contributed by atoms with E-state index in [2.05, 4.69) is 11.6 Å². The van der Waals surface area contributed by atoms with Gasteiger partial charge in [-0.3, -0.25) is 14.5 Å². The Hall–Kier alpha value is -4.44. The summed E-state index contributed by atoms with van der Waals surface area (Å²) in [6.07, 6.45) is 2.24. The number of aliphatic hydroxyl groups is 1. The van der Waals surface area contributed by atoms with E-state index in [0.717, 1.165) is 17.8 Å². The molecule has 40 heavy (non-hydrogen) atoms. The number of benzene rings is 2. The SMILES string of the molecule is C=CCOC(=O)c1sc(N2C(=O)C(=O)/C(=C(/O)c3ccccc3)C2c2ccc(OCCC)c(OCC)c2)nc1C. The average Bonchev–Trinajstić information content (AvgIpc) is 3.47. The number of Topliss-reactive ketones (excluding diaryl/α,β-unsaturated/α-hetero) is 1. The van der Waals surface area contributed by atoms with Crippen molar-refractivity contribution < 1.29 is 33.7 Å². The second kappa shape index (κ2) is 12.6. The third kappa shape index (κ3) is 5.62. The number of amides is 1. The summed E-state index contributed by atoms with van der Waals surface area (Å²) in [4.78, 5) is 45.5. The number of carbonyl (C=O) groups excluding carboxylic acids is 3. The van der Waals surface area contributed by atoms with Crippen LogP contribution in [0, 0.1) is 6.92 Å². The first-order chi connectivity index (χ1) is 19.3. The molecule has 3 aromatic rings. The molecule has 2 heterocycles. The molecule has 1 aromatic heterocycles. The van der Waals surface area contributed by atoms with Crippen LogP contribution in [-0.4, -0.2) is 47.6 Å². The number of rotatable bonds is 11. The van der Waals surface area contributed by atoms with Crippen LogP contribution in [0.5, 0.6) is 11.5 Å². The van der Waals surface area contributed by atoms with Gasteiger partial charge in [0.15, 0.2) is 16.6 Å². The number of hydrogen-bond donors (Lipinski definition) is 1. The maximum Gasteiger partial charge on any atom is 0.350 e. The van der Waals surface area contributed by atoms with E-state index in [-0.39, 0.29) is 27.9 Å². The first-order valence-corrected chi connectivity index (χ1v) is 13.6. The Morgan fingerprint density at radius 3 is 2.55 bits per heavy atom. The Labute approximate surface area is 236 Å². The number of aliphatic hydroxyl groups excluding tert-OH is 1.